The van der Waals surface area contributed by atoms with Crippen LogP contribution in [0.2, 0.25) is 0 Å². The molecule has 0 N–H and O–H groups in total. The summed E-state index contributed by atoms with van der Waals surface area (Å²) < 4.78 is 42.8. The van der Waals surface area contributed by atoms with Gasteiger partial charge in [-0.2, -0.15) is 18.3 Å². The van der Waals surface area contributed by atoms with E-state index >= 15 is 0 Å². The molecular formula is C8H10F3IN2O. The minimum atomic E-state index is -4.14. The Kier molecular flexibility index (Phi) is 4.38. The van der Waals surface area contributed by atoms with E-state index in [-0.39, 0.29) is 6.54 Å². The van der Waals surface area contributed by atoms with Crippen LogP contribution in [-0.2, 0) is 17.9 Å². The number of hydrogen-bond acceptors (Lipinski definition) is 2. The van der Waals surface area contributed by atoms with Crippen LogP contribution < -0.4 is 0 Å². The number of ether oxygens (including phenoxy) is 1. The molecule has 0 aliphatic heterocycles. The van der Waals surface area contributed by atoms with Gasteiger partial charge in [0.15, 0.2) is 0 Å². The van der Waals surface area contributed by atoms with Gasteiger partial charge in [-0.25, -0.2) is 0 Å². The highest BCUT2D eigenvalue weighted by atomic mass is 127. The number of hydrogen-bond donors (Lipinski definition) is 0. The maximum atomic E-state index is 11.9. The van der Waals surface area contributed by atoms with Gasteiger partial charge < -0.3 is 4.74 Å². The summed E-state index contributed by atoms with van der Waals surface area (Å²) in [5.41, 5.74) is 0.667. The van der Waals surface area contributed by atoms with Gasteiger partial charge in [0.1, 0.15) is 5.69 Å². The van der Waals surface area contributed by atoms with Crippen molar-refractivity contribution in [3.05, 3.63) is 15.5 Å². The van der Waals surface area contributed by atoms with Crippen molar-refractivity contribution in [3.8, 4) is 0 Å². The SMILES string of the molecule is COCc1nn(CCC(F)(F)F)cc1I. The standard InChI is InChI=1S/C8H10F3IN2O/c1-15-5-7-6(12)4-14(13-7)3-2-8(9,10)11/h4H,2-3,5H2,1H3. The third kappa shape index (κ3) is 4.37. The molecule has 0 amide bonds. The largest absolute Gasteiger partial charge is 0.390 e. The minimum Gasteiger partial charge on any atom is -0.378 e. The fourth-order valence-electron chi connectivity index (χ4n) is 1.03. The van der Waals surface area contributed by atoms with Gasteiger partial charge in [0, 0.05) is 19.9 Å². The van der Waals surface area contributed by atoms with Crippen LogP contribution in [0.3, 0.4) is 0 Å². The number of nitrogens with zero attached hydrogens (tertiary/aromatic N) is 2. The van der Waals surface area contributed by atoms with Crippen LogP contribution in [0.25, 0.3) is 0 Å². The molecule has 0 fully saturated rings. The van der Waals surface area contributed by atoms with Crippen molar-refractivity contribution in [2.75, 3.05) is 7.11 Å². The summed E-state index contributed by atoms with van der Waals surface area (Å²) in [5, 5.41) is 3.99. The summed E-state index contributed by atoms with van der Waals surface area (Å²) in [7, 11) is 1.52. The molecule has 0 aliphatic carbocycles. The Hall–Kier alpha value is -0.310. The monoisotopic (exact) mass is 334 g/mol. The summed E-state index contributed by atoms with van der Waals surface area (Å²) in [5.74, 6) is 0. The highest BCUT2D eigenvalue weighted by Gasteiger charge is 2.26. The number of alkyl halides is 3. The van der Waals surface area contributed by atoms with E-state index in [4.69, 9.17) is 4.74 Å². The molecule has 0 spiro atoms. The van der Waals surface area contributed by atoms with Gasteiger partial charge >= 0.3 is 6.18 Å². The van der Waals surface area contributed by atoms with Crippen molar-refractivity contribution < 1.29 is 17.9 Å². The molecule has 0 aliphatic rings. The smallest absolute Gasteiger partial charge is 0.378 e. The van der Waals surface area contributed by atoms with Crippen molar-refractivity contribution in [3.63, 3.8) is 0 Å². The number of aromatic nitrogens is 2. The van der Waals surface area contributed by atoms with Gasteiger partial charge in [-0.05, 0) is 22.6 Å². The Labute approximate surface area is 98.7 Å². The number of methoxy groups -OCH3 is 1. The van der Waals surface area contributed by atoms with Crippen molar-refractivity contribution in [1.29, 1.82) is 0 Å². The molecule has 0 aromatic carbocycles. The lowest BCUT2D eigenvalue weighted by atomic mass is 10.4. The first-order valence-electron chi connectivity index (χ1n) is 4.20. The Balaban J connectivity index is 2.59. The van der Waals surface area contributed by atoms with Gasteiger partial charge in [-0.3, -0.25) is 4.68 Å². The van der Waals surface area contributed by atoms with E-state index in [1.165, 1.54) is 11.8 Å². The number of aryl methyl sites for hydroxylation is 1. The second kappa shape index (κ2) is 5.15. The lowest BCUT2D eigenvalue weighted by Crippen LogP contribution is -2.12. The van der Waals surface area contributed by atoms with Gasteiger partial charge in [-0.15, -0.1) is 0 Å². The zero-order chi connectivity index (χ0) is 11.5. The van der Waals surface area contributed by atoms with Gasteiger partial charge in [0.25, 0.3) is 0 Å². The van der Waals surface area contributed by atoms with E-state index in [9.17, 15) is 13.2 Å². The quantitative estimate of drug-likeness (QED) is 0.792. The first kappa shape index (κ1) is 12.8. The van der Waals surface area contributed by atoms with Crippen molar-refractivity contribution in [2.24, 2.45) is 0 Å². The molecule has 0 bridgehead atoms. The zero-order valence-electron chi connectivity index (χ0n) is 8.01. The van der Waals surface area contributed by atoms with Crippen LogP contribution >= 0.6 is 22.6 Å². The summed E-state index contributed by atoms with van der Waals surface area (Å²) >= 11 is 2.02. The molecule has 3 nitrogen and oxygen atoms in total. The highest BCUT2D eigenvalue weighted by Crippen LogP contribution is 2.20. The average molecular weight is 334 g/mol. The van der Waals surface area contributed by atoms with Crippen LogP contribution in [0.15, 0.2) is 6.20 Å². The number of halogens is 4. The molecule has 86 valence electrons. The molecule has 0 atom stereocenters. The Bertz CT molecular complexity index is 324. The van der Waals surface area contributed by atoms with Crippen LogP contribution in [0.4, 0.5) is 13.2 Å². The average Bonchev–Trinajstić information content (AvgIpc) is 2.44. The van der Waals surface area contributed by atoms with E-state index in [2.05, 4.69) is 5.10 Å². The van der Waals surface area contributed by atoms with Gasteiger partial charge in [-0.1, -0.05) is 0 Å². The van der Waals surface area contributed by atoms with Crippen LogP contribution in [-0.4, -0.2) is 23.1 Å². The summed E-state index contributed by atoms with van der Waals surface area (Å²) in [6.45, 7) is 0.167. The molecule has 1 aromatic rings. The van der Waals surface area contributed by atoms with E-state index in [0.29, 0.717) is 12.3 Å². The summed E-state index contributed by atoms with van der Waals surface area (Å²) in [6.07, 6.45) is -3.42. The lowest BCUT2D eigenvalue weighted by Gasteiger charge is -2.05. The van der Waals surface area contributed by atoms with Crippen molar-refractivity contribution >= 4 is 22.6 Å². The molecule has 0 saturated heterocycles. The molecule has 1 aromatic heterocycles. The highest BCUT2D eigenvalue weighted by molar-refractivity contribution is 14.1. The summed E-state index contributed by atoms with van der Waals surface area (Å²) in [4.78, 5) is 0. The molecule has 1 heterocycles. The molecule has 0 unspecified atom stereocenters. The summed E-state index contributed by atoms with van der Waals surface area (Å²) in [6, 6.07) is 0. The van der Waals surface area contributed by atoms with Crippen molar-refractivity contribution in [2.45, 2.75) is 25.7 Å². The van der Waals surface area contributed by atoms with E-state index in [0.717, 1.165) is 3.57 Å². The fraction of sp³-hybridized carbons (Fsp3) is 0.625. The van der Waals surface area contributed by atoms with Crippen LogP contribution in [0.1, 0.15) is 12.1 Å². The lowest BCUT2D eigenvalue weighted by molar-refractivity contribution is -0.137. The topological polar surface area (TPSA) is 27.1 Å². The van der Waals surface area contributed by atoms with Crippen LogP contribution in [0, 0.1) is 3.57 Å². The maximum absolute atomic E-state index is 11.9. The molecule has 0 saturated carbocycles. The minimum absolute atomic E-state index is 0.150. The molecule has 0 radical (unpaired) electrons. The molecule has 15 heavy (non-hydrogen) atoms. The normalized spacial score (nSPS) is 12.1. The predicted octanol–water partition coefficient (Wildman–Crippen LogP) is 2.59. The third-order valence-electron chi connectivity index (χ3n) is 1.69. The van der Waals surface area contributed by atoms with E-state index in [1.54, 1.807) is 6.20 Å². The van der Waals surface area contributed by atoms with Crippen molar-refractivity contribution in [1.82, 2.24) is 9.78 Å². The molecular weight excluding hydrogens is 324 g/mol. The van der Waals surface area contributed by atoms with E-state index in [1.807, 2.05) is 22.6 Å². The molecule has 1 rings (SSSR count). The Morgan fingerprint density at radius 1 is 1.53 bits per heavy atom. The first-order chi connectivity index (χ1) is 6.92. The number of rotatable bonds is 4. The molecule has 7 heteroatoms. The van der Waals surface area contributed by atoms with Crippen LogP contribution in [0.5, 0.6) is 0 Å². The Morgan fingerprint density at radius 3 is 2.73 bits per heavy atom. The second-order valence-electron chi connectivity index (χ2n) is 2.98. The zero-order valence-corrected chi connectivity index (χ0v) is 10.2. The fourth-order valence-corrected chi connectivity index (χ4v) is 1.61. The Morgan fingerprint density at radius 2 is 2.20 bits per heavy atom. The van der Waals surface area contributed by atoms with Gasteiger partial charge in [0.2, 0.25) is 0 Å². The third-order valence-corrected chi connectivity index (χ3v) is 2.59. The van der Waals surface area contributed by atoms with E-state index < -0.39 is 12.6 Å². The van der Waals surface area contributed by atoms with Gasteiger partial charge in [0.05, 0.1) is 16.6 Å². The maximum Gasteiger partial charge on any atom is 0.390 e. The predicted molar refractivity (Wildman–Crippen MR) is 56.3 cm³/mol. The second-order valence-corrected chi connectivity index (χ2v) is 4.15. The first-order valence-corrected chi connectivity index (χ1v) is 5.28.